The minimum Gasteiger partial charge on any atom is -0.349 e. The van der Waals surface area contributed by atoms with Crippen LogP contribution in [0, 0.1) is 17.2 Å². The number of anilines is 1. The predicted molar refractivity (Wildman–Crippen MR) is 76.6 cm³/mol. The molecule has 0 saturated heterocycles. The highest BCUT2D eigenvalue weighted by atomic mass is 32.1. The number of thiocarbonyl (C=S) groups is 1. The number of halogens is 3. The molecule has 3 nitrogen and oxygen atoms in total. The maximum Gasteiger partial charge on any atom is 0.416 e. The lowest BCUT2D eigenvalue weighted by molar-refractivity contribution is -0.137. The Hall–Kier alpha value is -2.20. The molecule has 0 amide bonds. The molecule has 1 aromatic carbocycles. The molecule has 0 aliphatic heterocycles. The van der Waals surface area contributed by atoms with Gasteiger partial charge in [-0.1, -0.05) is 24.9 Å². The quantitative estimate of drug-likeness (QED) is 0.680. The number of nitrogens with one attached hydrogen (secondary N) is 1. The third kappa shape index (κ3) is 4.39. The first kappa shape index (κ1) is 16.9. The molecular formula is C14H11F3N2OS. The molecule has 1 atom stereocenters. The number of hydrogen-bond acceptors (Lipinski definition) is 3. The minimum atomic E-state index is -4.48. The standard InChI is InChI=1S/C14H11F3N2OS/c1-8(2)12(20)11(7-18)13(21)19-10-5-3-4-9(6-10)14(15,16)17/h3-6,11H,1H2,2H3,(H,19,21). The normalized spacial score (nSPS) is 12.1. The Morgan fingerprint density at radius 2 is 2.10 bits per heavy atom. The summed E-state index contributed by atoms with van der Waals surface area (Å²) in [6, 6.07) is 6.04. The van der Waals surface area contributed by atoms with Gasteiger partial charge in [-0.25, -0.2) is 0 Å². The van der Waals surface area contributed by atoms with Crippen LogP contribution in [0.25, 0.3) is 0 Å². The van der Waals surface area contributed by atoms with Crippen molar-refractivity contribution in [2.75, 3.05) is 5.32 Å². The number of ketones is 1. The van der Waals surface area contributed by atoms with E-state index in [4.69, 9.17) is 17.5 Å². The van der Waals surface area contributed by atoms with Crippen molar-refractivity contribution < 1.29 is 18.0 Å². The summed E-state index contributed by atoms with van der Waals surface area (Å²) in [6.45, 7) is 4.85. The fourth-order valence-corrected chi connectivity index (χ4v) is 1.75. The number of carbonyl (C=O) groups excluding carboxylic acids is 1. The SMILES string of the molecule is C=C(C)C(=O)C(C#N)C(=S)Nc1cccc(C(F)(F)F)c1. The van der Waals surface area contributed by atoms with Crippen LogP contribution in [0.15, 0.2) is 36.4 Å². The van der Waals surface area contributed by atoms with Gasteiger partial charge in [-0.2, -0.15) is 18.4 Å². The monoisotopic (exact) mass is 312 g/mol. The van der Waals surface area contributed by atoms with Gasteiger partial charge in [0.2, 0.25) is 0 Å². The van der Waals surface area contributed by atoms with E-state index in [-0.39, 0.29) is 16.2 Å². The van der Waals surface area contributed by atoms with E-state index >= 15 is 0 Å². The second-order valence-electron chi connectivity index (χ2n) is 4.27. The lowest BCUT2D eigenvalue weighted by Crippen LogP contribution is -2.27. The Morgan fingerprint density at radius 1 is 1.48 bits per heavy atom. The summed E-state index contributed by atoms with van der Waals surface area (Å²) in [5.74, 6) is -1.84. The zero-order valence-electron chi connectivity index (χ0n) is 11.0. The lowest BCUT2D eigenvalue weighted by atomic mass is 10.0. The smallest absolute Gasteiger partial charge is 0.349 e. The molecule has 21 heavy (non-hydrogen) atoms. The van der Waals surface area contributed by atoms with Gasteiger partial charge in [0.05, 0.1) is 11.6 Å². The summed E-state index contributed by atoms with van der Waals surface area (Å²) in [5, 5.41) is 11.4. The molecule has 0 spiro atoms. The van der Waals surface area contributed by atoms with E-state index in [9.17, 15) is 18.0 Å². The molecule has 0 aliphatic rings. The van der Waals surface area contributed by atoms with Gasteiger partial charge in [0, 0.05) is 5.69 Å². The number of benzene rings is 1. The molecule has 1 N–H and O–H groups in total. The highest BCUT2D eigenvalue weighted by Gasteiger charge is 2.30. The molecule has 1 rings (SSSR count). The zero-order chi connectivity index (χ0) is 16.2. The maximum atomic E-state index is 12.6. The van der Waals surface area contributed by atoms with Crippen molar-refractivity contribution in [1.82, 2.24) is 0 Å². The number of alkyl halides is 3. The second kappa shape index (κ2) is 6.50. The fraction of sp³-hybridized carbons (Fsp3) is 0.214. The lowest BCUT2D eigenvalue weighted by Gasteiger charge is -2.14. The third-order valence-electron chi connectivity index (χ3n) is 2.53. The van der Waals surface area contributed by atoms with Crippen LogP contribution >= 0.6 is 12.2 Å². The molecule has 0 fully saturated rings. The first-order valence-electron chi connectivity index (χ1n) is 5.74. The topological polar surface area (TPSA) is 52.9 Å². The van der Waals surface area contributed by atoms with Crippen LogP contribution in [0.1, 0.15) is 12.5 Å². The molecule has 0 radical (unpaired) electrons. The van der Waals surface area contributed by atoms with Crippen molar-refractivity contribution in [3.05, 3.63) is 42.0 Å². The van der Waals surface area contributed by atoms with Crippen molar-refractivity contribution >= 4 is 28.7 Å². The fourth-order valence-electron chi connectivity index (χ4n) is 1.47. The first-order valence-corrected chi connectivity index (χ1v) is 6.15. The number of nitrogens with zero attached hydrogens (tertiary/aromatic N) is 1. The number of carbonyl (C=O) groups is 1. The Labute approximate surface area is 125 Å². The van der Waals surface area contributed by atoms with Crippen molar-refractivity contribution in [2.45, 2.75) is 13.1 Å². The van der Waals surface area contributed by atoms with E-state index in [0.29, 0.717) is 0 Å². The predicted octanol–water partition coefficient (Wildman–Crippen LogP) is 3.73. The van der Waals surface area contributed by atoms with E-state index in [1.54, 1.807) is 6.07 Å². The maximum absolute atomic E-state index is 12.6. The molecule has 0 heterocycles. The average Bonchev–Trinajstić information content (AvgIpc) is 2.38. The molecule has 0 aromatic heterocycles. The molecule has 1 unspecified atom stereocenters. The van der Waals surface area contributed by atoms with Crippen LogP contribution in [0.5, 0.6) is 0 Å². The van der Waals surface area contributed by atoms with Gasteiger partial charge in [-0.15, -0.1) is 0 Å². The Kier molecular flexibility index (Phi) is 5.22. The molecule has 110 valence electrons. The van der Waals surface area contributed by atoms with E-state index in [1.807, 2.05) is 0 Å². The van der Waals surface area contributed by atoms with Gasteiger partial charge in [0.15, 0.2) is 11.7 Å². The van der Waals surface area contributed by atoms with Crippen molar-refractivity contribution in [3.63, 3.8) is 0 Å². The highest BCUT2D eigenvalue weighted by molar-refractivity contribution is 7.80. The number of Topliss-reactive ketones (excluding diaryl/α,β-unsaturated/α-hetero) is 1. The van der Waals surface area contributed by atoms with Crippen molar-refractivity contribution in [3.8, 4) is 6.07 Å². The van der Waals surface area contributed by atoms with Gasteiger partial charge in [0.25, 0.3) is 0 Å². The molecule has 1 aromatic rings. The van der Waals surface area contributed by atoms with Crippen LogP contribution in [0.4, 0.5) is 18.9 Å². The summed E-state index contributed by atoms with van der Waals surface area (Å²) in [7, 11) is 0. The number of nitriles is 1. The molecule has 7 heteroatoms. The minimum absolute atomic E-state index is 0.0598. The van der Waals surface area contributed by atoms with Crippen molar-refractivity contribution in [2.24, 2.45) is 5.92 Å². The molecule has 0 bridgehead atoms. The Bertz CT molecular complexity index is 632. The summed E-state index contributed by atoms with van der Waals surface area (Å²) < 4.78 is 37.8. The van der Waals surface area contributed by atoms with Crippen LogP contribution in [-0.4, -0.2) is 10.8 Å². The second-order valence-corrected chi connectivity index (χ2v) is 4.71. The molecular weight excluding hydrogens is 301 g/mol. The van der Waals surface area contributed by atoms with Crippen molar-refractivity contribution in [1.29, 1.82) is 5.26 Å². The van der Waals surface area contributed by atoms with Crippen LogP contribution in [0.3, 0.4) is 0 Å². The Morgan fingerprint density at radius 3 is 2.57 bits per heavy atom. The van der Waals surface area contributed by atoms with Gasteiger partial charge in [-0.3, -0.25) is 4.79 Å². The van der Waals surface area contributed by atoms with Crippen LogP contribution in [-0.2, 0) is 11.0 Å². The van der Waals surface area contributed by atoms with Gasteiger partial charge in [-0.05, 0) is 30.7 Å². The zero-order valence-corrected chi connectivity index (χ0v) is 11.8. The summed E-state index contributed by atoms with van der Waals surface area (Å²) >= 11 is 4.91. The molecule has 0 aliphatic carbocycles. The number of allylic oxidation sites excluding steroid dienone is 1. The van der Waals surface area contributed by atoms with E-state index in [0.717, 1.165) is 12.1 Å². The number of rotatable bonds is 4. The van der Waals surface area contributed by atoms with E-state index in [2.05, 4.69) is 11.9 Å². The summed E-state index contributed by atoms with van der Waals surface area (Å²) in [6.07, 6.45) is -4.48. The highest BCUT2D eigenvalue weighted by Crippen LogP contribution is 2.30. The average molecular weight is 312 g/mol. The van der Waals surface area contributed by atoms with Crippen LogP contribution in [0.2, 0.25) is 0 Å². The van der Waals surface area contributed by atoms with Gasteiger partial charge < -0.3 is 5.32 Å². The third-order valence-corrected chi connectivity index (χ3v) is 2.87. The first-order chi connectivity index (χ1) is 9.66. The van der Waals surface area contributed by atoms with E-state index in [1.165, 1.54) is 19.1 Å². The van der Waals surface area contributed by atoms with Gasteiger partial charge in [0.1, 0.15) is 4.99 Å². The van der Waals surface area contributed by atoms with Gasteiger partial charge >= 0.3 is 6.18 Å². The van der Waals surface area contributed by atoms with E-state index < -0.39 is 23.4 Å². The summed E-state index contributed by atoms with van der Waals surface area (Å²) in [4.78, 5) is 11.5. The molecule has 0 saturated carbocycles. The van der Waals surface area contributed by atoms with Crippen LogP contribution < -0.4 is 5.32 Å². The largest absolute Gasteiger partial charge is 0.416 e. The number of hydrogen-bond donors (Lipinski definition) is 1. The summed E-state index contributed by atoms with van der Waals surface area (Å²) in [5.41, 5.74) is -0.644. The Balaban J connectivity index is 2.96.